The van der Waals surface area contributed by atoms with Crippen LogP contribution in [0.1, 0.15) is 41.4 Å². The first-order valence-electron chi connectivity index (χ1n) is 9.91. The van der Waals surface area contributed by atoms with Crippen molar-refractivity contribution in [2.75, 3.05) is 34.4 Å². The van der Waals surface area contributed by atoms with Crippen LogP contribution in [-0.4, -0.2) is 63.4 Å². The van der Waals surface area contributed by atoms with E-state index in [2.05, 4.69) is 148 Å². The molecule has 0 amide bonds. The molecule has 0 radical (unpaired) electrons. The molecule has 40 heavy (non-hydrogen) atoms. The fraction of sp³-hybridized carbons (Fsp3) is 0.238. The van der Waals surface area contributed by atoms with Crippen LogP contribution in [0.2, 0.25) is 0 Å². The van der Waals surface area contributed by atoms with E-state index in [0.29, 0.717) is 17.9 Å². The second kappa shape index (κ2) is 20.9. The lowest BCUT2D eigenvalue weighted by Crippen LogP contribution is -2.64. The Kier molecular flexibility index (Phi) is 22.0. The van der Waals surface area contributed by atoms with Crippen LogP contribution >= 0.6 is 127 Å². The van der Waals surface area contributed by atoms with Gasteiger partial charge in [-0.15, -0.1) is 0 Å². The SMILES string of the molecule is CO.COC(=O)c1c(Br)c(Br)c(Br)c(Br)c1C(=O)[O-].COC(=O)c1c(Br)c(Br)c(Br)c(Br)c1C(=O)[O-].[NH3+]CC[NH3+]. The third kappa shape index (κ3) is 10.9. The zero-order valence-electron chi connectivity index (χ0n) is 20.6. The third-order valence-electron chi connectivity index (χ3n) is 3.97. The number of esters is 2. The maximum Gasteiger partial charge on any atom is 0.339 e. The molecule has 0 saturated heterocycles. The minimum absolute atomic E-state index is 0.116. The summed E-state index contributed by atoms with van der Waals surface area (Å²) in [6.45, 7) is 1.92. The maximum atomic E-state index is 11.6. The fourth-order valence-corrected chi connectivity index (χ4v) is 7.12. The number of rotatable bonds is 5. The van der Waals surface area contributed by atoms with Crippen LogP contribution in [0.25, 0.3) is 0 Å². The van der Waals surface area contributed by atoms with E-state index in [9.17, 15) is 29.4 Å². The summed E-state index contributed by atoms with van der Waals surface area (Å²) in [7, 11) is 3.33. The van der Waals surface area contributed by atoms with Crippen molar-refractivity contribution in [1.29, 1.82) is 0 Å². The van der Waals surface area contributed by atoms with Gasteiger partial charge in [0.05, 0.1) is 37.3 Å². The predicted molar refractivity (Wildman–Crippen MR) is 169 cm³/mol. The lowest BCUT2D eigenvalue weighted by molar-refractivity contribution is -0.453. The smallest absolute Gasteiger partial charge is 0.339 e. The number of carbonyl (C=O) groups is 4. The zero-order chi connectivity index (χ0) is 32.1. The second-order valence-corrected chi connectivity index (χ2v) is 12.6. The van der Waals surface area contributed by atoms with Gasteiger partial charge in [0, 0.05) is 54.0 Å². The molecule has 0 unspecified atom stereocenters. The summed E-state index contributed by atoms with van der Waals surface area (Å²) < 4.78 is 11.9. The molecule has 7 N–H and O–H groups in total. The van der Waals surface area contributed by atoms with Crippen molar-refractivity contribution < 1.29 is 55.4 Å². The molecule has 0 spiro atoms. The Balaban J connectivity index is 0. The van der Waals surface area contributed by atoms with Gasteiger partial charge in [0.2, 0.25) is 0 Å². The molecule has 19 heteroatoms. The number of methoxy groups -OCH3 is 2. The van der Waals surface area contributed by atoms with Crippen molar-refractivity contribution in [3.8, 4) is 0 Å². The van der Waals surface area contributed by atoms with Crippen LogP contribution in [0, 0.1) is 0 Å². The average molecular weight is 1080 g/mol. The molecule has 0 saturated carbocycles. The van der Waals surface area contributed by atoms with E-state index in [1.807, 2.05) is 0 Å². The van der Waals surface area contributed by atoms with Crippen LogP contribution in [0.3, 0.4) is 0 Å². The maximum absolute atomic E-state index is 11.6. The Labute approximate surface area is 296 Å². The minimum Gasteiger partial charge on any atom is -0.545 e. The predicted octanol–water partition coefficient (Wildman–Crippen LogP) is 2.85. The van der Waals surface area contributed by atoms with Crippen molar-refractivity contribution in [2.24, 2.45) is 0 Å². The molecule has 0 heterocycles. The molecular formula is C21H20Br8N2O9. The number of benzene rings is 2. The number of hydrogen-bond acceptors (Lipinski definition) is 9. The Morgan fingerprint density at radius 2 is 0.750 bits per heavy atom. The molecule has 2 rings (SSSR count). The van der Waals surface area contributed by atoms with Crippen LogP contribution in [0.15, 0.2) is 35.8 Å². The lowest BCUT2D eigenvalue weighted by Gasteiger charge is -2.16. The van der Waals surface area contributed by atoms with Gasteiger partial charge in [-0.05, 0) is 127 Å². The van der Waals surface area contributed by atoms with Gasteiger partial charge in [0.15, 0.2) is 0 Å². The topological polar surface area (TPSA) is 208 Å². The average Bonchev–Trinajstić information content (AvgIpc) is 2.94. The highest BCUT2D eigenvalue weighted by atomic mass is 79.9. The van der Waals surface area contributed by atoms with Gasteiger partial charge < -0.3 is 45.8 Å². The first-order valence-corrected chi connectivity index (χ1v) is 16.3. The van der Waals surface area contributed by atoms with Gasteiger partial charge >= 0.3 is 11.9 Å². The highest BCUT2D eigenvalue weighted by Crippen LogP contribution is 2.43. The molecule has 224 valence electrons. The van der Waals surface area contributed by atoms with E-state index < -0.39 is 23.9 Å². The van der Waals surface area contributed by atoms with Gasteiger partial charge in [-0.1, -0.05) is 0 Å². The summed E-state index contributed by atoms with van der Waals surface area (Å²) >= 11 is 25.3. The molecule has 2 aromatic rings. The lowest BCUT2D eigenvalue weighted by atomic mass is 10.1. The molecule has 0 aliphatic carbocycles. The van der Waals surface area contributed by atoms with Crippen LogP contribution in [-0.2, 0) is 9.47 Å². The molecule has 0 aliphatic heterocycles. The Bertz CT molecular complexity index is 1160. The monoisotopic (exact) mass is 1080 g/mol. The van der Waals surface area contributed by atoms with E-state index in [0.717, 1.165) is 34.4 Å². The van der Waals surface area contributed by atoms with Gasteiger partial charge in [0.25, 0.3) is 0 Å². The zero-order valence-corrected chi connectivity index (χ0v) is 33.3. The summed E-state index contributed by atoms with van der Waals surface area (Å²) in [6, 6.07) is 0. The molecule has 2 aromatic carbocycles. The number of carboxylic acids is 2. The van der Waals surface area contributed by atoms with Gasteiger partial charge in [-0.25, -0.2) is 9.59 Å². The number of carboxylic acid groups (broad SMARTS) is 2. The minimum atomic E-state index is -1.48. The van der Waals surface area contributed by atoms with Crippen molar-refractivity contribution in [2.45, 2.75) is 0 Å². The molecule has 11 nitrogen and oxygen atoms in total. The fourth-order valence-electron chi connectivity index (χ4n) is 2.23. The second-order valence-electron chi connectivity index (χ2n) is 6.28. The third-order valence-corrected chi connectivity index (χ3v) is 13.5. The van der Waals surface area contributed by atoms with Crippen molar-refractivity contribution >= 4 is 151 Å². The first-order chi connectivity index (χ1) is 18.6. The Morgan fingerprint density at radius 3 is 0.900 bits per heavy atom. The van der Waals surface area contributed by atoms with Gasteiger partial charge in [-0.2, -0.15) is 0 Å². The van der Waals surface area contributed by atoms with E-state index >= 15 is 0 Å². The van der Waals surface area contributed by atoms with E-state index in [1.54, 1.807) is 0 Å². The van der Waals surface area contributed by atoms with Gasteiger partial charge in [-0.3, -0.25) is 0 Å². The molecule has 0 atom stereocenters. The highest BCUT2D eigenvalue weighted by Gasteiger charge is 2.26. The van der Waals surface area contributed by atoms with Crippen molar-refractivity contribution in [1.82, 2.24) is 0 Å². The number of aliphatic hydroxyl groups excluding tert-OH is 1. The number of aliphatic hydroxyl groups is 1. The van der Waals surface area contributed by atoms with E-state index in [-0.39, 0.29) is 40.1 Å². The number of quaternary nitrogens is 2. The molecule has 0 fully saturated rings. The quantitative estimate of drug-likeness (QED) is 0.228. The summed E-state index contributed by atoms with van der Waals surface area (Å²) in [5, 5.41) is 29.1. The highest BCUT2D eigenvalue weighted by molar-refractivity contribution is 9.15. The first kappa shape index (κ1) is 42.2. The molecule has 0 aliphatic rings. The summed E-state index contributed by atoms with van der Waals surface area (Å²) in [5.41, 5.74) is 6.29. The number of hydrogen-bond donors (Lipinski definition) is 3. The molecule has 0 bridgehead atoms. The summed E-state index contributed by atoms with van der Waals surface area (Å²) in [4.78, 5) is 45.3. The number of carbonyl (C=O) groups excluding carboxylic acids is 4. The van der Waals surface area contributed by atoms with Gasteiger partial charge in [0.1, 0.15) is 13.1 Å². The Morgan fingerprint density at radius 1 is 0.550 bits per heavy atom. The standard InChI is InChI=1S/2C9H4Br4O4.C2H8N2.CH4O/c2*1-17-9(16)3-2(8(14)15)4(10)6(12)7(13)5(3)11;3-1-2-4;1-2/h2*1H3,(H,14,15);1-4H2;2H,1H3. The van der Waals surface area contributed by atoms with Crippen LogP contribution in [0.5, 0.6) is 0 Å². The Hall–Kier alpha value is 0.0400. The number of halogens is 8. The molecular weight excluding hydrogens is 1060 g/mol. The van der Waals surface area contributed by atoms with Crippen molar-refractivity contribution in [3.05, 3.63) is 58.0 Å². The molecule has 0 aromatic heterocycles. The largest absolute Gasteiger partial charge is 0.545 e. The summed E-state index contributed by atoms with van der Waals surface area (Å²) in [6.07, 6.45) is 0. The van der Waals surface area contributed by atoms with Crippen LogP contribution < -0.4 is 21.7 Å². The van der Waals surface area contributed by atoms with E-state index in [1.165, 1.54) is 0 Å². The number of ether oxygens (including phenoxy) is 2. The number of aromatic carboxylic acids is 2. The van der Waals surface area contributed by atoms with Crippen molar-refractivity contribution in [3.63, 3.8) is 0 Å². The van der Waals surface area contributed by atoms with Crippen LogP contribution in [0.4, 0.5) is 0 Å². The summed E-state index contributed by atoms with van der Waals surface area (Å²) in [5.74, 6) is -4.51. The van der Waals surface area contributed by atoms with E-state index in [4.69, 9.17) is 5.11 Å². The normalized spacial score (nSPS) is 9.55.